The normalized spacial score (nSPS) is 11.3. The second kappa shape index (κ2) is 5.69. The van der Waals surface area contributed by atoms with Crippen LogP contribution in [-0.2, 0) is 10.0 Å². The quantitative estimate of drug-likeness (QED) is 0.613. The summed E-state index contributed by atoms with van der Waals surface area (Å²) in [5.74, 6) is 0.465. The number of aromatic nitrogens is 1. The summed E-state index contributed by atoms with van der Waals surface area (Å²) >= 11 is 0.784. The van der Waals surface area contributed by atoms with E-state index in [0.29, 0.717) is 12.3 Å². The van der Waals surface area contributed by atoms with Gasteiger partial charge in [0, 0.05) is 18.7 Å². The lowest BCUT2D eigenvalue weighted by atomic mass is 10.5. The highest BCUT2D eigenvalue weighted by atomic mass is 32.2. The summed E-state index contributed by atoms with van der Waals surface area (Å²) in [6.45, 7) is 3.81. The molecule has 0 spiro atoms. The molecule has 2 aromatic heterocycles. The Morgan fingerprint density at radius 2 is 2.19 bits per heavy atom. The first-order valence-electron chi connectivity index (χ1n) is 5.81. The van der Waals surface area contributed by atoms with Gasteiger partial charge in [-0.3, -0.25) is 14.8 Å². The van der Waals surface area contributed by atoms with Crippen LogP contribution in [0.15, 0.2) is 20.9 Å². The molecule has 21 heavy (non-hydrogen) atoms. The third kappa shape index (κ3) is 3.31. The van der Waals surface area contributed by atoms with Crippen LogP contribution in [0.3, 0.4) is 0 Å². The van der Waals surface area contributed by atoms with Crippen molar-refractivity contribution in [3.8, 4) is 0 Å². The van der Waals surface area contributed by atoms with E-state index in [1.165, 1.54) is 6.07 Å². The van der Waals surface area contributed by atoms with E-state index in [2.05, 4.69) is 15.2 Å². The zero-order chi connectivity index (χ0) is 15.6. The topological polar surface area (TPSA) is 127 Å². The van der Waals surface area contributed by atoms with Crippen LogP contribution in [0.1, 0.15) is 12.7 Å². The zero-order valence-electron chi connectivity index (χ0n) is 11.1. The molecule has 0 aliphatic rings. The molecule has 0 bridgehead atoms. The first kappa shape index (κ1) is 15.3. The molecule has 0 aliphatic carbocycles. The van der Waals surface area contributed by atoms with Crippen molar-refractivity contribution in [1.29, 1.82) is 0 Å². The molecule has 11 heteroatoms. The molecular weight excluding hydrogens is 320 g/mol. The van der Waals surface area contributed by atoms with Crippen molar-refractivity contribution in [2.45, 2.75) is 18.1 Å². The monoisotopic (exact) mass is 332 g/mol. The molecule has 0 saturated carbocycles. The van der Waals surface area contributed by atoms with E-state index >= 15 is 0 Å². The number of nitrogens with zero attached hydrogens (tertiary/aromatic N) is 2. The van der Waals surface area contributed by atoms with E-state index in [4.69, 9.17) is 4.52 Å². The minimum atomic E-state index is -3.95. The van der Waals surface area contributed by atoms with Gasteiger partial charge in [-0.1, -0.05) is 16.5 Å². The maximum absolute atomic E-state index is 12.2. The Kier molecular flexibility index (Phi) is 4.14. The van der Waals surface area contributed by atoms with E-state index in [1.54, 1.807) is 13.8 Å². The van der Waals surface area contributed by atoms with Crippen LogP contribution in [-0.4, -0.2) is 25.0 Å². The van der Waals surface area contributed by atoms with Gasteiger partial charge in [0.15, 0.2) is 10.8 Å². The molecule has 114 valence electrons. The molecule has 0 amide bonds. The highest BCUT2D eigenvalue weighted by molar-refractivity contribution is 7.94. The molecule has 0 unspecified atom stereocenters. The van der Waals surface area contributed by atoms with Crippen molar-refractivity contribution in [2.24, 2.45) is 0 Å². The van der Waals surface area contributed by atoms with Crippen molar-refractivity contribution in [3.05, 3.63) is 28.0 Å². The summed E-state index contributed by atoms with van der Waals surface area (Å²) in [5.41, 5.74) is -0.279. The smallest absolute Gasteiger partial charge is 0.304 e. The van der Waals surface area contributed by atoms with E-state index in [9.17, 15) is 18.5 Å². The molecule has 2 aromatic rings. The van der Waals surface area contributed by atoms with Gasteiger partial charge < -0.3 is 9.84 Å². The van der Waals surface area contributed by atoms with Crippen molar-refractivity contribution in [1.82, 2.24) is 5.16 Å². The van der Waals surface area contributed by atoms with Gasteiger partial charge in [0.1, 0.15) is 9.97 Å². The summed E-state index contributed by atoms with van der Waals surface area (Å²) in [7, 11) is -3.95. The minimum Gasteiger partial charge on any atom is -0.372 e. The number of sulfonamides is 1. The molecule has 2 rings (SSSR count). The number of hydrogen-bond donors (Lipinski definition) is 2. The Morgan fingerprint density at radius 1 is 1.48 bits per heavy atom. The zero-order valence-corrected chi connectivity index (χ0v) is 12.7. The third-order valence-corrected chi connectivity index (χ3v) is 5.27. The van der Waals surface area contributed by atoms with Gasteiger partial charge in [0.25, 0.3) is 10.0 Å². The van der Waals surface area contributed by atoms with Gasteiger partial charge in [0.05, 0.1) is 4.92 Å². The number of hydrogen-bond acceptors (Lipinski definition) is 8. The van der Waals surface area contributed by atoms with Crippen LogP contribution in [0.4, 0.5) is 16.5 Å². The first-order valence-corrected chi connectivity index (χ1v) is 8.11. The summed E-state index contributed by atoms with van der Waals surface area (Å²) in [4.78, 5) is 10.3. The molecular formula is C10H12N4O5S2. The molecule has 0 saturated heterocycles. The number of nitro groups is 1. The lowest BCUT2D eigenvalue weighted by Crippen LogP contribution is -2.11. The number of nitrogens with one attached hydrogen (secondary N) is 2. The Morgan fingerprint density at radius 3 is 2.71 bits per heavy atom. The predicted octanol–water partition coefficient (Wildman–Crippen LogP) is 2.19. The summed E-state index contributed by atoms with van der Waals surface area (Å²) in [5, 5.41) is 17.4. The fourth-order valence-corrected chi connectivity index (χ4v) is 3.90. The van der Waals surface area contributed by atoms with Crippen molar-refractivity contribution in [3.63, 3.8) is 0 Å². The van der Waals surface area contributed by atoms with Crippen LogP contribution in [0.25, 0.3) is 0 Å². The number of rotatable bonds is 6. The number of anilines is 2. The summed E-state index contributed by atoms with van der Waals surface area (Å²) in [6, 6.07) is 2.42. The number of aryl methyl sites for hydroxylation is 1. The van der Waals surface area contributed by atoms with E-state index in [1.807, 2.05) is 0 Å². The minimum absolute atomic E-state index is 0.0218. The molecule has 0 aromatic carbocycles. The molecule has 0 atom stereocenters. The third-order valence-electron chi connectivity index (χ3n) is 2.36. The van der Waals surface area contributed by atoms with Crippen LogP contribution in [0.2, 0.25) is 0 Å². The Labute approximate surface area is 124 Å². The van der Waals surface area contributed by atoms with Crippen molar-refractivity contribution < 1.29 is 17.9 Å². The lowest BCUT2D eigenvalue weighted by molar-refractivity contribution is -0.383. The van der Waals surface area contributed by atoms with Gasteiger partial charge in [-0.05, 0) is 13.8 Å². The molecule has 9 nitrogen and oxygen atoms in total. The van der Waals surface area contributed by atoms with Crippen molar-refractivity contribution >= 4 is 37.9 Å². The second-order valence-electron chi connectivity index (χ2n) is 4.00. The Bertz CT molecular complexity index is 764. The molecule has 2 N–H and O–H groups in total. The highest BCUT2D eigenvalue weighted by Gasteiger charge is 2.26. The fourth-order valence-electron chi connectivity index (χ4n) is 1.52. The molecule has 2 heterocycles. The molecule has 0 aliphatic heterocycles. The van der Waals surface area contributed by atoms with Crippen LogP contribution < -0.4 is 10.0 Å². The summed E-state index contributed by atoms with van der Waals surface area (Å²) < 4.78 is 31.1. The maximum Gasteiger partial charge on any atom is 0.304 e. The predicted molar refractivity (Wildman–Crippen MR) is 77.2 cm³/mol. The van der Waals surface area contributed by atoms with Crippen LogP contribution in [0.5, 0.6) is 0 Å². The Balaban J connectivity index is 2.35. The molecule has 0 radical (unpaired) electrons. The van der Waals surface area contributed by atoms with Gasteiger partial charge >= 0.3 is 5.69 Å². The average Bonchev–Trinajstić information content (AvgIpc) is 2.96. The van der Waals surface area contributed by atoms with Crippen molar-refractivity contribution in [2.75, 3.05) is 16.6 Å². The SMILES string of the molecule is CCNc1sc(S(=O)(=O)Nc2cc(C)on2)cc1[N+](=O)[O-]. The van der Waals surface area contributed by atoms with Crippen LogP contribution in [0, 0.1) is 17.0 Å². The highest BCUT2D eigenvalue weighted by Crippen LogP contribution is 2.37. The average molecular weight is 332 g/mol. The Hall–Kier alpha value is -2.14. The van der Waals surface area contributed by atoms with Gasteiger partial charge in [-0.15, -0.1) is 0 Å². The first-order chi connectivity index (χ1) is 9.83. The van der Waals surface area contributed by atoms with Gasteiger partial charge in [-0.25, -0.2) is 8.42 Å². The van der Waals surface area contributed by atoms with E-state index in [-0.39, 0.29) is 20.7 Å². The molecule has 0 fully saturated rings. The lowest BCUT2D eigenvalue weighted by Gasteiger charge is -2.00. The standard InChI is InChI=1S/C10H12N4O5S2/c1-3-11-10-7(14(15)16)5-9(20-10)21(17,18)13-8-4-6(2)19-12-8/h4-5,11H,3H2,1-2H3,(H,12,13). The van der Waals surface area contributed by atoms with Crippen LogP contribution >= 0.6 is 11.3 Å². The number of thiophene rings is 1. The van der Waals surface area contributed by atoms with Gasteiger partial charge in [-0.2, -0.15) is 0 Å². The largest absolute Gasteiger partial charge is 0.372 e. The second-order valence-corrected chi connectivity index (χ2v) is 6.96. The van der Waals surface area contributed by atoms with E-state index in [0.717, 1.165) is 17.4 Å². The summed E-state index contributed by atoms with van der Waals surface area (Å²) in [6.07, 6.45) is 0. The maximum atomic E-state index is 12.2. The van der Waals surface area contributed by atoms with Gasteiger partial charge in [0.2, 0.25) is 0 Å². The van der Waals surface area contributed by atoms with E-state index < -0.39 is 14.9 Å². The fraction of sp³-hybridized carbons (Fsp3) is 0.300.